The van der Waals surface area contributed by atoms with E-state index in [2.05, 4.69) is 21.2 Å². The summed E-state index contributed by atoms with van der Waals surface area (Å²) in [4.78, 5) is 11.8. The molecular formula is C14H12BrClN2O2. The lowest BCUT2D eigenvalue weighted by Gasteiger charge is -2.09. The largest absolute Gasteiger partial charge is 0.482 e. The second-order valence-electron chi connectivity index (χ2n) is 4.04. The third kappa shape index (κ3) is 4.15. The highest BCUT2D eigenvalue weighted by molar-refractivity contribution is 9.10. The fourth-order valence-electron chi connectivity index (χ4n) is 1.54. The maximum Gasteiger partial charge on any atom is 0.262 e. The topological polar surface area (TPSA) is 64.3 Å². The molecule has 4 nitrogen and oxygen atoms in total. The molecular weight excluding hydrogens is 344 g/mol. The summed E-state index contributed by atoms with van der Waals surface area (Å²) in [6, 6.07) is 12.1. The molecule has 0 bridgehead atoms. The lowest BCUT2D eigenvalue weighted by Crippen LogP contribution is -2.20. The zero-order valence-electron chi connectivity index (χ0n) is 10.4. The minimum atomic E-state index is -0.286. The number of ether oxygens (including phenoxy) is 1. The summed E-state index contributed by atoms with van der Waals surface area (Å²) in [6.45, 7) is -0.134. The van der Waals surface area contributed by atoms with Crippen LogP contribution < -0.4 is 15.8 Å². The van der Waals surface area contributed by atoms with Crippen LogP contribution in [0.15, 0.2) is 46.9 Å². The molecule has 0 saturated carbocycles. The normalized spacial score (nSPS) is 10.1. The number of carbonyl (C=O) groups is 1. The van der Waals surface area contributed by atoms with Gasteiger partial charge in [0.05, 0.1) is 5.02 Å². The Hall–Kier alpha value is -1.72. The molecule has 0 atom stereocenters. The minimum Gasteiger partial charge on any atom is -0.482 e. The molecule has 0 fully saturated rings. The number of carbonyl (C=O) groups excluding carboxylic acids is 1. The van der Waals surface area contributed by atoms with Gasteiger partial charge in [0, 0.05) is 15.8 Å². The summed E-state index contributed by atoms with van der Waals surface area (Å²) < 4.78 is 6.20. The summed E-state index contributed by atoms with van der Waals surface area (Å²) in [7, 11) is 0. The first-order valence-corrected chi connectivity index (χ1v) is 6.95. The van der Waals surface area contributed by atoms with E-state index < -0.39 is 0 Å². The summed E-state index contributed by atoms with van der Waals surface area (Å²) in [6.07, 6.45) is 0. The number of hydrogen-bond donors (Lipinski definition) is 2. The molecule has 0 unspecified atom stereocenters. The van der Waals surface area contributed by atoms with E-state index >= 15 is 0 Å². The van der Waals surface area contributed by atoms with E-state index in [4.69, 9.17) is 22.1 Å². The highest BCUT2D eigenvalue weighted by Gasteiger charge is 2.07. The zero-order chi connectivity index (χ0) is 14.5. The Labute approximate surface area is 130 Å². The smallest absolute Gasteiger partial charge is 0.262 e. The maximum atomic E-state index is 11.8. The minimum absolute atomic E-state index is 0.134. The Balaban J connectivity index is 1.94. The number of nitrogens with one attached hydrogen (secondary N) is 1. The Bertz CT molecular complexity index is 634. The summed E-state index contributed by atoms with van der Waals surface area (Å²) >= 11 is 9.28. The molecule has 0 aromatic heterocycles. The van der Waals surface area contributed by atoms with Crippen LogP contribution in [0.3, 0.4) is 0 Å². The number of rotatable bonds is 4. The van der Waals surface area contributed by atoms with E-state index in [1.54, 1.807) is 42.5 Å². The molecule has 0 aliphatic heterocycles. The van der Waals surface area contributed by atoms with Crippen molar-refractivity contribution >= 4 is 44.8 Å². The van der Waals surface area contributed by atoms with E-state index in [-0.39, 0.29) is 12.5 Å². The van der Waals surface area contributed by atoms with Gasteiger partial charge in [-0.25, -0.2) is 0 Å². The zero-order valence-corrected chi connectivity index (χ0v) is 12.7. The SMILES string of the molecule is Nc1cccc(NC(=O)COc2cc(Br)ccc2Cl)c1. The average Bonchev–Trinajstić information content (AvgIpc) is 2.40. The fourth-order valence-corrected chi connectivity index (χ4v) is 2.06. The van der Waals surface area contributed by atoms with Crippen molar-refractivity contribution in [1.82, 2.24) is 0 Å². The van der Waals surface area contributed by atoms with Crippen LogP contribution in [-0.4, -0.2) is 12.5 Å². The number of halogens is 2. The van der Waals surface area contributed by atoms with Crippen molar-refractivity contribution in [2.45, 2.75) is 0 Å². The number of nitrogens with two attached hydrogens (primary N) is 1. The molecule has 0 heterocycles. The molecule has 0 aliphatic carbocycles. The molecule has 20 heavy (non-hydrogen) atoms. The third-order valence-electron chi connectivity index (χ3n) is 2.42. The molecule has 0 aliphatic rings. The maximum absolute atomic E-state index is 11.8. The third-order valence-corrected chi connectivity index (χ3v) is 3.23. The van der Waals surface area contributed by atoms with Gasteiger partial charge >= 0.3 is 0 Å². The van der Waals surface area contributed by atoms with Crippen LogP contribution in [0.4, 0.5) is 11.4 Å². The predicted octanol–water partition coefficient (Wildman–Crippen LogP) is 3.70. The Kier molecular flexibility index (Phi) is 4.87. The molecule has 0 saturated heterocycles. The predicted molar refractivity (Wildman–Crippen MR) is 84.1 cm³/mol. The van der Waals surface area contributed by atoms with Gasteiger partial charge in [-0.1, -0.05) is 33.6 Å². The first kappa shape index (κ1) is 14.7. The van der Waals surface area contributed by atoms with Gasteiger partial charge in [-0.05, 0) is 36.4 Å². The van der Waals surface area contributed by atoms with E-state index in [0.29, 0.717) is 22.1 Å². The monoisotopic (exact) mass is 354 g/mol. The van der Waals surface area contributed by atoms with Crippen LogP contribution >= 0.6 is 27.5 Å². The highest BCUT2D eigenvalue weighted by atomic mass is 79.9. The van der Waals surface area contributed by atoms with E-state index in [1.165, 1.54) is 0 Å². The number of anilines is 2. The van der Waals surface area contributed by atoms with Gasteiger partial charge in [0.1, 0.15) is 5.75 Å². The second-order valence-corrected chi connectivity index (χ2v) is 5.36. The van der Waals surface area contributed by atoms with Crippen LogP contribution in [0.25, 0.3) is 0 Å². The molecule has 2 aromatic carbocycles. The van der Waals surface area contributed by atoms with Crippen molar-refractivity contribution in [3.63, 3.8) is 0 Å². The van der Waals surface area contributed by atoms with Gasteiger partial charge in [0.2, 0.25) is 0 Å². The molecule has 2 aromatic rings. The Morgan fingerprint density at radius 3 is 2.85 bits per heavy atom. The van der Waals surface area contributed by atoms with Crippen molar-refractivity contribution in [2.24, 2.45) is 0 Å². The molecule has 3 N–H and O–H groups in total. The second kappa shape index (κ2) is 6.63. The Morgan fingerprint density at radius 1 is 1.30 bits per heavy atom. The molecule has 6 heteroatoms. The van der Waals surface area contributed by atoms with Gasteiger partial charge in [-0.3, -0.25) is 4.79 Å². The van der Waals surface area contributed by atoms with Crippen LogP contribution in [0.1, 0.15) is 0 Å². The van der Waals surface area contributed by atoms with E-state index in [1.807, 2.05) is 0 Å². The fraction of sp³-hybridized carbons (Fsp3) is 0.0714. The number of nitrogen functional groups attached to an aromatic ring is 1. The van der Waals surface area contributed by atoms with Crippen molar-refractivity contribution in [3.8, 4) is 5.75 Å². The van der Waals surface area contributed by atoms with E-state index in [0.717, 1.165) is 4.47 Å². The average molecular weight is 356 g/mol. The molecule has 1 amide bonds. The van der Waals surface area contributed by atoms with Gasteiger partial charge in [-0.15, -0.1) is 0 Å². The van der Waals surface area contributed by atoms with Crippen LogP contribution in [0.2, 0.25) is 5.02 Å². The van der Waals surface area contributed by atoms with Gasteiger partial charge < -0.3 is 15.8 Å². The van der Waals surface area contributed by atoms with Crippen LogP contribution in [0.5, 0.6) is 5.75 Å². The van der Waals surface area contributed by atoms with Crippen molar-refractivity contribution in [1.29, 1.82) is 0 Å². The van der Waals surface area contributed by atoms with Crippen molar-refractivity contribution < 1.29 is 9.53 Å². The summed E-state index contributed by atoms with van der Waals surface area (Å²) in [5.74, 6) is 0.162. The number of hydrogen-bond acceptors (Lipinski definition) is 3. The number of benzene rings is 2. The molecule has 0 spiro atoms. The lowest BCUT2D eigenvalue weighted by atomic mass is 10.3. The van der Waals surface area contributed by atoms with Gasteiger partial charge in [0.25, 0.3) is 5.91 Å². The van der Waals surface area contributed by atoms with Gasteiger partial charge in [0.15, 0.2) is 6.61 Å². The standard InChI is InChI=1S/C14H12BrClN2O2/c15-9-4-5-12(16)13(6-9)20-8-14(19)18-11-3-1-2-10(17)7-11/h1-7H,8,17H2,(H,18,19). The summed E-state index contributed by atoms with van der Waals surface area (Å²) in [5.41, 5.74) is 6.84. The van der Waals surface area contributed by atoms with Crippen LogP contribution in [-0.2, 0) is 4.79 Å². The summed E-state index contributed by atoms with van der Waals surface area (Å²) in [5, 5.41) is 3.14. The molecule has 104 valence electrons. The van der Waals surface area contributed by atoms with E-state index in [9.17, 15) is 4.79 Å². The van der Waals surface area contributed by atoms with Gasteiger partial charge in [-0.2, -0.15) is 0 Å². The number of amides is 1. The first-order valence-electron chi connectivity index (χ1n) is 5.78. The molecule has 0 radical (unpaired) electrons. The lowest BCUT2D eigenvalue weighted by molar-refractivity contribution is -0.118. The van der Waals surface area contributed by atoms with Crippen molar-refractivity contribution in [3.05, 3.63) is 52.0 Å². The van der Waals surface area contributed by atoms with Crippen LogP contribution in [0, 0.1) is 0 Å². The van der Waals surface area contributed by atoms with Crippen molar-refractivity contribution in [2.75, 3.05) is 17.7 Å². The first-order chi connectivity index (χ1) is 9.54. The Morgan fingerprint density at radius 2 is 2.10 bits per heavy atom. The highest BCUT2D eigenvalue weighted by Crippen LogP contribution is 2.27. The quantitative estimate of drug-likeness (QED) is 0.822. The molecule has 2 rings (SSSR count).